The third-order valence-corrected chi connectivity index (χ3v) is 3.92. The fourth-order valence-corrected chi connectivity index (χ4v) is 2.70. The first-order chi connectivity index (χ1) is 8.50. The summed E-state index contributed by atoms with van der Waals surface area (Å²) in [6, 6.07) is 5.55. The Morgan fingerprint density at radius 3 is 2.67 bits per heavy atom. The van der Waals surface area contributed by atoms with Gasteiger partial charge >= 0.3 is 5.97 Å². The van der Waals surface area contributed by atoms with Crippen molar-refractivity contribution in [2.24, 2.45) is 5.41 Å². The molecule has 1 saturated carbocycles. The molecule has 1 aromatic rings. The smallest absolute Gasteiger partial charge is 0.337 e. The fraction of sp³-hybridized carbons (Fsp3) is 0.533. The molecule has 0 bridgehead atoms. The van der Waals surface area contributed by atoms with E-state index in [1.807, 2.05) is 19.1 Å². The summed E-state index contributed by atoms with van der Waals surface area (Å²) >= 11 is 0. The van der Waals surface area contributed by atoms with E-state index in [1.165, 1.54) is 25.7 Å². The number of hydrogen-bond acceptors (Lipinski definition) is 2. The van der Waals surface area contributed by atoms with Crippen LogP contribution in [-0.4, -0.2) is 17.6 Å². The van der Waals surface area contributed by atoms with Gasteiger partial charge in [-0.1, -0.05) is 31.4 Å². The molecular formula is C15H21NO2. The van der Waals surface area contributed by atoms with E-state index in [9.17, 15) is 9.90 Å². The molecule has 18 heavy (non-hydrogen) atoms. The topological polar surface area (TPSA) is 49.3 Å². The van der Waals surface area contributed by atoms with Crippen molar-refractivity contribution in [2.45, 2.75) is 39.5 Å². The van der Waals surface area contributed by atoms with Gasteiger partial charge in [-0.2, -0.15) is 0 Å². The van der Waals surface area contributed by atoms with Gasteiger partial charge in [0.25, 0.3) is 0 Å². The van der Waals surface area contributed by atoms with Gasteiger partial charge in [0.2, 0.25) is 0 Å². The first kappa shape index (κ1) is 12.9. The van der Waals surface area contributed by atoms with E-state index in [-0.39, 0.29) is 0 Å². The van der Waals surface area contributed by atoms with E-state index in [2.05, 4.69) is 12.2 Å². The van der Waals surface area contributed by atoms with Crippen LogP contribution in [0, 0.1) is 12.3 Å². The van der Waals surface area contributed by atoms with Crippen molar-refractivity contribution >= 4 is 11.7 Å². The predicted octanol–water partition coefficient (Wildman–Crippen LogP) is 3.69. The van der Waals surface area contributed by atoms with Gasteiger partial charge in [-0.05, 0) is 37.3 Å². The Hall–Kier alpha value is -1.51. The van der Waals surface area contributed by atoms with Crippen LogP contribution in [0.2, 0.25) is 0 Å². The molecule has 98 valence electrons. The van der Waals surface area contributed by atoms with Crippen molar-refractivity contribution in [3.05, 3.63) is 29.3 Å². The summed E-state index contributed by atoms with van der Waals surface area (Å²) in [7, 11) is 0. The quantitative estimate of drug-likeness (QED) is 0.853. The molecule has 0 aromatic heterocycles. The molecule has 3 nitrogen and oxygen atoms in total. The number of carbonyl (C=O) groups is 1. The van der Waals surface area contributed by atoms with Gasteiger partial charge in [-0.25, -0.2) is 4.79 Å². The third kappa shape index (κ3) is 2.84. The third-order valence-electron chi connectivity index (χ3n) is 3.92. The summed E-state index contributed by atoms with van der Waals surface area (Å²) in [6.07, 6.45) is 5.04. The number of aromatic carboxylic acids is 1. The number of anilines is 1. The highest BCUT2D eigenvalue weighted by molar-refractivity contribution is 5.94. The number of rotatable bonds is 4. The minimum atomic E-state index is -0.863. The molecule has 0 atom stereocenters. The summed E-state index contributed by atoms with van der Waals surface area (Å²) in [6.45, 7) is 5.05. The highest BCUT2D eigenvalue weighted by Gasteiger charge is 2.28. The average Bonchev–Trinajstić information content (AvgIpc) is 2.75. The van der Waals surface area contributed by atoms with Crippen LogP contribution >= 0.6 is 0 Å². The zero-order valence-electron chi connectivity index (χ0n) is 11.1. The molecule has 1 fully saturated rings. The zero-order valence-corrected chi connectivity index (χ0v) is 11.1. The van der Waals surface area contributed by atoms with Crippen molar-refractivity contribution < 1.29 is 9.90 Å². The van der Waals surface area contributed by atoms with Crippen LogP contribution in [0.5, 0.6) is 0 Å². The maximum atomic E-state index is 11.2. The summed E-state index contributed by atoms with van der Waals surface area (Å²) in [5, 5.41) is 12.5. The highest BCUT2D eigenvalue weighted by atomic mass is 16.4. The molecular weight excluding hydrogens is 226 g/mol. The maximum Gasteiger partial charge on any atom is 0.337 e. The SMILES string of the molecule is Cc1ccc(NCC2(C)CCCC2)c(C(=O)O)c1. The van der Waals surface area contributed by atoms with Crippen molar-refractivity contribution in [1.82, 2.24) is 0 Å². The van der Waals surface area contributed by atoms with Gasteiger partial charge in [0, 0.05) is 12.2 Å². The molecule has 1 aliphatic carbocycles. The largest absolute Gasteiger partial charge is 0.478 e. The fourth-order valence-electron chi connectivity index (χ4n) is 2.70. The molecule has 0 aliphatic heterocycles. The summed E-state index contributed by atoms with van der Waals surface area (Å²) < 4.78 is 0. The molecule has 0 spiro atoms. The second-order valence-electron chi connectivity index (χ2n) is 5.73. The molecule has 0 unspecified atom stereocenters. The molecule has 0 heterocycles. The van der Waals surface area contributed by atoms with Crippen LogP contribution in [0.3, 0.4) is 0 Å². The second-order valence-corrected chi connectivity index (χ2v) is 5.73. The maximum absolute atomic E-state index is 11.2. The van der Waals surface area contributed by atoms with Gasteiger partial charge in [-0.15, -0.1) is 0 Å². The second kappa shape index (κ2) is 5.01. The normalized spacial score (nSPS) is 17.7. The Morgan fingerprint density at radius 2 is 2.06 bits per heavy atom. The van der Waals surface area contributed by atoms with Crippen LogP contribution in [0.25, 0.3) is 0 Å². The lowest BCUT2D eigenvalue weighted by Gasteiger charge is -2.25. The highest BCUT2D eigenvalue weighted by Crippen LogP contribution is 2.37. The van der Waals surface area contributed by atoms with Crippen LogP contribution in [0.15, 0.2) is 18.2 Å². The van der Waals surface area contributed by atoms with Crippen LogP contribution in [0.1, 0.15) is 48.5 Å². The van der Waals surface area contributed by atoms with Crippen molar-refractivity contribution in [1.29, 1.82) is 0 Å². The standard InChI is InChI=1S/C15H21NO2/c1-11-5-6-13(12(9-11)14(17)18)16-10-15(2)7-3-4-8-15/h5-6,9,16H,3-4,7-8,10H2,1-2H3,(H,17,18). The average molecular weight is 247 g/mol. The van der Waals surface area contributed by atoms with Gasteiger partial charge in [0.15, 0.2) is 0 Å². The molecule has 1 aromatic carbocycles. The van der Waals surface area contributed by atoms with Crippen LogP contribution in [-0.2, 0) is 0 Å². The lowest BCUT2D eigenvalue weighted by Crippen LogP contribution is -2.23. The Balaban J connectivity index is 2.11. The van der Waals surface area contributed by atoms with E-state index in [0.29, 0.717) is 11.0 Å². The van der Waals surface area contributed by atoms with Crippen LogP contribution in [0.4, 0.5) is 5.69 Å². The molecule has 1 aliphatic rings. The van der Waals surface area contributed by atoms with Crippen molar-refractivity contribution in [3.63, 3.8) is 0 Å². The molecule has 0 saturated heterocycles. The number of carboxylic acid groups (broad SMARTS) is 1. The Labute approximate surface area is 108 Å². The molecule has 0 amide bonds. The Morgan fingerprint density at radius 1 is 1.39 bits per heavy atom. The number of hydrogen-bond donors (Lipinski definition) is 2. The summed E-state index contributed by atoms with van der Waals surface area (Å²) in [5.74, 6) is -0.863. The van der Waals surface area contributed by atoms with Gasteiger partial charge in [0.1, 0.15) is 0 Å². The lowest BCUT2D eigenvalue weighted by atomic mass is 9.89. The van der Waals surface area contributed by atoms with E-state index in [0.717, 1.165) is 17.8 Å². The van der Waals surface area contributed by atoms with Crippen molar-refractivity contribution in [3.8, 4) is 0 Å². The predicted molar refractivity (Wildman–Crippen MR) is 73.2 cm³/mol. The van der Waals surface area contributed by atoms with Crippen LogP contribution < -0.4 is 5.32 Å². The lowest BCUT2D eigenvalue weighted by molar-refractivity contribution is 0.0697. The summed E-state index contributed by atoms with van der Waals surface area (Å²) in [4.78, 5) is 11.2. The van der Waals surface area contributed by atoms with E-state index in [1.54, 1.807) is 6.07 Å². The molecule has 2 N–H and O–H groups in total. The molecule has 3 heteroatoms. The number of benzene rings is 1. The van der Waals surface area contributed by atoms with Gasteiger partial charge in [0.05, 0.1) is 5.56 Å². The Bertz CT molecular complexity index is 448. The van der Waals surface area contributed by atoms with Crippen molar-refractivity contribution in [2.75, 3.05) is 11.9 Å². The minimum absolute atomic E-state index is 0.320. The van der Waals surface area contributed by atoms with Gasteiger partial charge < -0.3 is 10.4 Å². The zero-order chi connectivity index (χ0) is 13.2. The molecule has 2 rings (SSSR count). The number of carboxylic acids is 1. The number of aryl methyl sites for hydroxylation is 1. The number of nitrogens with one attached hydrogen (secondary N) is 1. The Kier molecular flexibility index (Phi) is 3.60. The van der Waals surface area contributed by atoms with E-state index >= 15 is 0 Å². The van der Waals surface area contributed by atoms with E-state index in [4.69, 9.17) is 0 Å². The van der Waals surface area contributed by atoms with Gasteiger partial charge in [-0.3, -0.25) is 0 Å². The van der Waals surface area contributed by atoms with E-state index < -0.39 is 5.97 Å². The first-order valence-corrected chi connectivity index (χ1v) is 6.58. The summed E-state index contributed by atoms with van der Waals surface area (Å²) in [5.41, 5.74) is 2.41. The molecule has 0 radical (unpaired) electrons. The first-order valence-electron chi connectivity index (χ1n) is 6.58. The minimum Gasteiger partial charge on any atom is -0.478 e. The monoisotopic (exact) mass is 247 g/mol.